The van der Waals surface area contributed by atoms with Gasteiger partial charge >= 0.3 is 0 Å². The van der Waals surface area contributed by atoms with Gasteiger partial charge in [-0.05, 0) is 26.2 Å². The second-order valence-electron chi connectivity index (χ2n) is 2.53. The van der Waals surface area contributed by atoms with Crippen molar-refractivity contribution < 1.29 is 5.21 Å². The summed E-state index contributed by atoms with van der Waals surface area (Å²) in [6, 6.07) is 0. The molecule has 0 radical (unpaired) electrons. The Hall–Kier alpha value is -0.0800. The molecule has 0 bridgehead atoms. The smallest absolute Gasteiger partial charge is 0.0402 e. The molecule has 2 N–H and O–H groups in total. The Morgan fingerprint density at radius 1 is 1.57 bits per heavy atom. The van der Waals surface area contributed by atoms with Crippen molar-refractivity contribution in [3.8, 4) is 0 Å². The van der Waals surface area contributed by atoms with E-state index in [0.717, 1.165) is 12.8 Å². The van der Waals surface area contributed by atoms with Gasteiger partial charge in [-0.25, -0.2) is 0 Å². The minimum Gasteiger partial charge on any atom is -0.316 e. The summed E-state index contributed by atoms with van der Waals surface area (Å²) >= 11 is 0. The predicted molar refractivity (Wildman–Crippen MR) is 27.2 cm³/mol. The van der Waals surface area contributed by atoms with E-state index in [-0.39, 0.29) is 5.54 Å². The van der Waals surface area contributed by atoms with Crippen LogP contribution < -0.4 is 5.48 Å². The molecule has 2 nitrogen and oxygen atoms in total. The first-order chi connectivity index (χ1) is 3.27. The lowest BCUT2D eigenvalue weighted by Gasteiger charge is -2.36. The second kappa shape index (κ2) is 1.46. The molecule has 0 spiro atoms. The normalized spacial score (nSPS) is 26.6. The molecule has 0 heterocycles. The fourth-order valence-corrected chi connectivity index (χ4v) is 0.819. The third-order valence-corrected chi connectivity index (χ3v) is 1.73. The van der Waals surface area contributed by atoms with Crippen LogP contribution in [0.4, 0.5) is 0 Å². The van der Waals surface area contributed by atoms with Crippen molar-refractivity contribution in [2.45, 2.75) is 31.7 Å². The molecule has 0 atom stereocenters. The highest BCUT2D eigenvalue weighted by Gasteiger charge is 2.30. The molecule has 42 valence electrons. The van der Waals surface area contributed by atoms with Crippen molar-refractivity contribution in [2.75, 3.05) is 0 Å². The van der Waals surface area contributed by atoms with Gasteiger partial charge in [-0.1, -0.05) is 0 Å². The fraction of sp³-hybridized carbons (Fsp3) is 1.00. The molecule has 0 unspecified atom stereocenters. The van der Waals surface area contributed by atoms with Gasteiger partial charge < -0.3 is 5.21 Å². The zero-order valence-corrected chi connectivity index (χ0v) is 4.57. The van der Waals surface area contributed by atoms with E-state index in [1.54, 1.807) is 0 Å². The zero-order chi connectivity index (χ0) is 5.33. The Morgan fingerprint density at radius 3 is 2.14 bits per heavy atom. The quantitative estimate of drug-likeness (QED) is 0.481. The summed E-state index contributed by atoms with van der Waals surface area (Å²) in [6.07, 6.45) is 3.48. The summed E-state index contributed by atoms with van der Waals surface area (Å²) in [5.74, 6) is 0. The summed E-state index contributed by atoms with van der Waals surface area (Å²) in [7, 11) is 0. The molecule has 0 aromatic carbocycles. The molecule has 0 aliphatic heterocycles. The van der Waals surface area contributed by atoms with Gasteiger partial charge in [-0.3, -0.25) is 0 Å². The van der Waals surface area contributed by atoms with E-state index in [4.69, 9.17) is 5.21 Å². The van der Waals surface area contributed by atoms with E-state index in [1.165, 1.54) is 6.42 Å². The van der Waals surface area contributed by atoms with E-state index < -0.39 is 0 Å². The highest BCUT2D eigenvalue weighted by atomic mass is 16.5. The molecule has 1 aliphatic carbocycles. The molecule has 0 amide bonds. The lowest BCUT2D eigenvalue weighted by Crippen LogP contribution is -2.46. The van der Waals surface area contributed by atoms with Crippen LogP contribution in [-0.2, 0) is 0 Å². The molecule has 2 heteroatoms. The van der Waals surface area contributed by atoms with E-state index in [1.807, 2.05) is 6.92 Å². The summed E-state index contributed by atoms with van der Waals surface area (Å²) in [4.78, 5) is 0. The van der Waals surface area contributed by atoms with Crippen molar-refractivity contribution >= 4 is 0 Å². The molecule has 0 aromatic rings. The van der Waals surface area contributed by atoms with Crippen LogP contribution in [0, 0.1) is 0 Å². The molecule has 7 heavy (non-hydrogen) atoms. The predicted octanol–water partition coefficient (Wildman–Crippen LogP) is 0.908. The van der Waals surface area contributed by atoms with Gasteiger partial charge in [-0.15, -0.1) is 0 Å². The third kappa shape index (κ3) is 0.763. The van der Waals surface area contributed by atoms with Crippen molar-refractivity contribution in [3.05, 3.63) is 0 Å². The van der Waals surface area contributed by atoms with Gasteiger partial charge in [0.05, 0.1) is 0 Å². The molecule has 0 aromatic heterocycles. The Morgan fingerprint density at radius 2 is 2.14 bits per heavy atom. The van der Waals surface area contributed by atoms with Crippen molar-refractivity contribution in [2.24, 2.45) is 0 Å². The molecule has 0 saturated heterocycles. The summed E-state index contributed by atoms with van der Waals surface area (Å²) in [6.45, 7) is 2.02. The van der Waals surface area contributed by atoms with Crippen LogP contribution in [0.2, 0.25) is 0 Å². The Balaban J connectivity index is 2.29. The highest BCUT2D eigenvalue weighted by Crippen LogP contribution is 2.29. The topological polar surface area (TPSA) is 32.3 Å². The average Bonchev–Trinajstić information content (AvgIpc) is 1.61. The van der Waals surface area contributed by atoms with Crippen LogP contribution in [-0.4, -0.2) is 10.7 Å². The molecule has 1 fully saturated rings. The number of rotatable bonds is 1. The van der Waals surface area contributed by atoms with Crippen molar-refractivity contribution in [1.29, 1.82) is 0 Å². The molecule has 1 saturated carbocycles. The van der Waals surface area contributed by atoms with E-state index in [9.17, 15) is 0 Å². The maximum absolute atomic E-state index is 8.40. The van der Waals surface area contributed by atoms with Gasteiger partial charge in [0.15, 0.2) is 0 Å². The summed E-state index contributed by atoms with van der Waals surface area (Å²) < 4.78 is 0. The minimum atomic E-state index is 0.0694. The van der Waals surface area contributed by atoms with E-state index in [0.29, 0.717) is 0 Å². The summed E-state index contributed by atoms with van der Waals surface area (Å²) in [5, 5.41) is 8.40. The lowest BCUT2D eigenvalue weighted by molar-refractivity contribution is 0.0239. The first-order valence-electron chi connectivity index (χ1n) is 2.68. The van der Waals surface area contributed by atoms with Gasteiger partial charge in [-0.2, -0.15) is 5.48 Å². The largest absolute Gasteiger partial charge is 0.316 e. The van der Waals surface area contributed by atoms with Crippen LogP contribution in [0.3, 0.4) is 0 Å². The Labute approximate surface area is 43.5 Å². The van der Waals surface area contributed by atoms with E-state index in [2.05, 4.69) is 5.48 Å². The van der Waals surface area contributed by atoms with E-state index >= 15 is 0 Å². The number of hydrogen-bond acceptors (Lipinski definition) is 2. The van der Waals surface area contributed by atoms with Gasteiger partial charge in [0.2, 0.25) is 0 Å². The monoisotopic (exact) mass is 101 g/mol. The SMILES string of the molecule is CC1(NO)CCC1. The first-order valence-corrected chi connectivity index (χ1v) is 2.68. The van der Waals surface area contributed by atoms with Crippen LogP contribution in [0.25, 0.3) is 0 Å². The number of nitrogens with one attached hydrogen (secondary N) is 1. The Kier molecular flexibility index (Phi) is 1.05. The summed E-state index contributed by atoms with van der Waals surface area (Å²) in [5.41, 5.74) is 2.35. The second-order valence-corrected chi connectivity index (χ2v) is 2.53. The van der Waals surface area contributed by atoms with Gasteiger partial charge in [0, 0.05) is 5.54 Å². The molecular formula is C5H11NO. The van der Waals surface area contributed by atoms with Crippen LogP contribution in [0.5, 0.6) is 0 Å². The average molecular weight is 101 g/mol. The minimum absolute atomic E-state index is 0.0694. The first kappa shape index (κ1) is 5.06. The number of hydrogen-bond donors (Lipinski definition) is 2. The van der Waals surface area contributed by atoms with Crippen LogP contribution in [0.1, 0.15) is 26.2 Å². The van der Waals surface area contributed by atoms with Crippen molar-refractivity contribution in [3.63, 3.8) is 0 Å². The standard InChI is InChI=1S/C5H11NO/c1-5(6-7)3-2-4-5/h6-7H,2-4H2,1H3. The van der Waals surface area contributed by atoms with Gasteiger partial charge in [0.1, 0.15) is 0 Å². The number of hydroxylamine groups is 1. The highest BCUT2D eigenvalue weighted by molar-refractivity contribution is 4.87. The fourth-order valence-electron chi connectivity index (χ4n) is 0.819. The maximum atomic E-state index is 8.40. The zero-order valence-electron chi connectivity index (χ0n) is 4.57. The van der Waals surface area contributed by atoms with Crippen LogP contribution in [0.15, 0.2) is 0 Å². The van der Waals surface area contributed by atoms with Crippen molar-refractivity contribution in [1.82, 2.24) is 5.48 Å². The third-order valence-electron chi connectivity index (χ3n) is 1.73. The Bertz CT molecular complexity index is 63.0. The lowest BCUT2D eigenvalue weighted by atomic mass is 9.79. The van der Waals surface area contributed by atoms with Crippen LogP contribution >= 0.6 is 0 Å². The molecule has 1 rings (SSSR count). The maximum Gasteiger partial charge on any atom is 0.0402 e. The van der Waals surface area contributed by atoms with Gasteiger partial charge in [0.25, 0.3) is 0 Å². The molecular weight excluding hydrogens is 90.1 g/mol. The molecule has 1 aliphatic rings.